The maximum absolute atomic E-state index is 4.99. The topological polar surface area (TPSA) is 51.6 Å². The number of hydrogen-bond acceptors (Lipinski definition) is 4. The largest absolute Gasteiger partial charge is 0.261 e. The number of pyridine rings is 1. The Morgan fingerprint density at radius 3 is 1.71 bits per heavy atom. The van der Waals surface area contributed by atoms with Crippen LogP contribution >= 0.6 is 0 Å². The van der Waals surface area contributed by atoms with Gasteiger partial charge in [0.25, 0.3) is 0 Å². The number of fused-ring (bicyclic) bond motifs is 1. The molecule has 0 amide bonds. The fourth-order valence-corrected chi connectivity index (χ4v) is 5.15. The van der Waals surface area contributed by atoms with Gasteiger partial charge in [0.15, 0.2) is 17.5 Å². The normalized spacial score (nSPS) is 11.0. The number of rotatable bonds is 5. The molecular weight excluding hydrogens is 500 g/mol. The van der Waals surface area contributed by atoms with Crippen LogP contribution in [0.15, 0.2) is 140 Å². The average Bonchev–Trinajstić information content (AvgIpc) is 3.05. The lowest BCUT2D eigenvalue weighted by Gasteiger charge is -2.11. The summed E-state index contributed by atoms with van der Waals surface area (Å²) in [7, 11) is 0. The van der Waals surface area contributed by atoms with Crippen LogP contribution in [0.4, 0.5) is 0 Å². The van der Waals surface area contributed by atoms with Gasteiger partial charge in [0.1, 0.15) is 0 Å². The average molecular weight is 527 g/mol. The molecule has 0 spiro atoms. The predicted octanol–water partition coefficient (Wildman–Crippen LogP) is 9.06. The highest BCUT2D eigenvalue weighted by atomic mass is 15.0. The smallest absolute Gasteiger partial charge is 0.164 e. The first kappa shape index (κ1) is 24.6. The van der Waals surface area contributed by atoms with Gasteiger partial charge in [-0.1, -0.05) is 115 Å². The van der Waals surface area contributed by atoms with E-state index in [-0.39, 0.29) is 0 Å². The van der Waals surface area contributed by atoms with E-state index in [0.29, 0.717) is 17.5 Å². The Labute approximate surface area is 239 Å². The maximum atomic E-state index is 4.99. The molecule has 0 atom stereocenters. The summed E-state index contributed by atoms with van der Waals surface area (Å²) in [5.41, 5.74) is 8.30. The van der Waals surface area contributed by atoms with Crippen molar-refractivity contribution in [2.45, 2.75) is 6.92 Å². The molecular formula is C37H26N4. The van der Waals surface area contributed by atoms with Gasteiger partial charge in [-0.25, -0.2) is 15.0 Å². The van der Waals surface area contributed by atoms with Crippen LogP contribution in [0.3, 0.4) is 0 Å². The first-order valence-corrected chi connectivity index (χ1v) is 13.6. The molecule has 0 aliphatic heterocycles. The number of nitrogens with zero attached hydrogens (tertiary/aromatic N) is 4. The number of benzene rings is 5. The van der Waals surface area contributed by atoms with Crippen LogP contribution in [0.5, 0.6) is 0 Å². The molecule has 4 nitrogen and oxygen atoms in total. The van der Waals surface area contributed by atoms with Crippen molar-refractivity contribution in [3.63, 3.8) is 0 Å². The molecule has 4 heteroatoms. The second kappa shape index (κ2) is 10.6. The summed E-state index contributed by atoms with van der Waals surface area (Å²) in [6, 6.07) is 45.8. The molecule has 2 heterocycles. The van der Waals surface area contributed by atoms with Crippen molar-refractivity contribution in [2.75, 3.05) is 0 Å². The molecule has 194 valence electrons. The van der Waals surface area contributed by atoms with E-state index in [1.807, 2.05) is 31.3 Å². The van der Waals surface area contributed by atoms with Gasteiger partial charge in [-0.05, 0) is 52.6 Å². The summed E-state index contributed by atoms with van der Waals surface area (Å²) in [6.45, 7) is 2.03. The number of hydrogen-bond donors (Lipinski definition) is 0. The third-order valence-corrected chi connectivity index (χ3v) is 7.33. The molecule has 7 rings (SSSR count). The Morgan fingerprint density at radius 1 is 0.390 bits per heavy atom. The van der Waals surface area contributed by atoms with Crippen LogP contribution in [0, 0.1) is 6.92 Å². The van der Waals surface area contributed by atoms with Gasteiger partial charge in [0.2, 0.25) is 0 Å². The fraction of sp³-hybridized carbons (Fsp3) is 0.0270. The SMILES string of the molecule is Cc1ncccc1-c1cccc(-c2nc(-c3ccc(-c4ccccc4)cc3)nc(-c3ccc4ccccc4c3)n2)c1. The highest BCUT2D eigenvalue weighted by Crippen LogP contribution is 2.30. The van der Waals surface area contributed by atoms with Crippen molar-refractivity contribution in [1.82, 2.24) is 19.9 Å². The zero-order valence-electron chi connectivity index (χ0n) is 22.6. The number of aryl methyl sites for hydroxylation is 1. The van der Waals surface area contributed by atoms with E-state index >= 15 is 0 Å². The standard InChI is InChI=1S/C37H26N4/c1-25-34(15-8-22-38-25)31-13-7-14-32(24-31)36-39-35(29-19-16-28(17-20-29)26-9-3-2-4-10-26)40-37(41-36)33-21-18-27-11-5-6-12-30(27)23-33/h2-24H,1H3. The highest BCUT2D eigenvalue weighted by molar-refractivity contribution is 5.86. The van der Waals surface area contributed by atoms with Crippen LogP contribution in [-0.4, -0.2) is 19.9 Å². The van der Waals surface area contributed by atoms with E-state index in [1.165, 1.54) is 10.9 Å². The van der Waals surface area contributed by atoms with Gasteiger partial charge in [-0.2, -0.15) is 0 Å². The van der Waals surface area contributed by atoms with Crippen molar-refractivity contribution in [3.8, 4) is 56.4 Å². The minimum atomic E-state index is 0.633. The van der Waals surface area contributed by atoms with Gasteiger partial charge in [-0.3, -0.25) is 4.98 Å². The Hall–Kier alpha value is -5.48. The minimum absolute atomic E-state index is 0.633. The zero-order chi connectivity index (χ0) is 27.6. The van der Waals surface area contributed by atoms with Gasteiger partial charge < -0.3 is 0 Å². The van der Waals surface area contributed by atoms with E-state index in [4.69, 9.17) is 15.0 Å². The molecule has 41 heavy (non-hydrogen) atoms. The third kappa shape index (κ3) is 4.99. The summed E-state index contributed by atoms with van der Waals surface area (Å²) < 4.78 is 0. The van der Waals surface area contributed by atoms with Crippen molar-refractivity contribution in [2.24, 2.45) is 0 Å². The molecule has 0 saturated carbocycles. The lowest BCUT2D eigenvalue weighted by Crippen LogP contribution is -2.00. The molecule has 0 N–H and O–H groups in total. The molecule has 0 unspecified atom stereocenters. The van der Waals surface area contributed by atoms with Crippen molar-refractivity contribution in [1.29, 1.82) is 0 Å². The van der Waals surface area contributed by atoms with Crippen LogP contribution < -0.4 is 0 Å². The van der Waals surface area contributed by atoms with E-state index < -0.39 is 0 Å². The van der Waals surface area contributed by atoms with Gasteiger partial charge in [0, 0.05) is 34.1 Å². The lowest BCUT2D eigenvalue weighted by molar-refractivity contribution is 1.07. The Morgan fingerprint density at radius 2 is 0.951 bits per heavy atom. The Balaban J connectivity index is 1.37. The van der Waals surface area contributed by atoms with E-state index in [9.17, 15) is 0 Å². The van der Waals surface area contributed by atoms with Crippen LogP contribution in [0.1, 0.15) is 5.69 Å². The van der Waals surface area contributed by atoms with Crippen molar-refractivity contribution < 1.29 is 0 Å². The first-order chi connectivity index (χ1) is 20.2. The monoisotopic (exact) mass is 526 g/mol. The lowest BCUT2D eigenvalue weighted by atomic mass is 10.0. The zero-order valence-corrected chi connectivity index (χ0v) is 22.6. The molecule has 5 aromatic carbocycles. The van der Waals surface area contributed by atoms with Crippen molar-refractivity contribution >= 4 is 10.8 Å². The van der Waals surface area contributed by atoms with E-state index in [0.717, 1.165) is 44.5 Å². The van der Waals surface area contributed by atoms with Crippen LogP contribution in [0.2, 0.25) is 0 Å². The maximum Gasteiger partial charge on any atom is 0.164 e. The molecule has 0 fully saturated rings. The van der Waals surface area contributed by atoms with Gasteiger partial charge in [-0.15, -0.1) is 0 Å². The summed E-state index contributed by atoms with van der Waals surface area (Å²) in [6.07, 6.45) is 1.82. The molecule has 0 saturated heterocycles. The molecule has 0 radical (unpaired) electrons. The molecule has 0 aliphatic rings. The summed E-state index contributed by atoms with van der Waals surface area (Å²) in [5, 5.41) is 2.33. The third-order valence-electron chi connectivity index (χ3n) is 7.33. The predicted molar refractivity (Wildman–Crippen MR) is 167 cm³/mol. The summed E-state index contributed by atoms with van der Waals surface area (Å²) in [4.78, 5) is 19.4. The van der Waals surface area contributed by atoms with Crippen LogP contribution in [0.25, 0.3) is 67.2 Å². The molecule has 0 bridgehead atoms. The quantitative estimate of drug-likeness (QED) is 0.224. The Kier molecular flexibility index (Phi) is 6.34. The highest BCUT2D eigenvalue weighted by Gasteiger charge is 2.14. The van der Waals surface area contributed by atoms with E-state index in [1.54, 1.807) is 0 Å². The van der Waals surface area contributed by atoms with Gasteiger partial charge in [0.05, 0.1) is 0 Å². The Bertz CT molecular complexity index is 2000. The molecule has 2 aromatic heterocycles. The van der Waals surface area contributed by atoms with Crippen molar-refractivity contribution in [3.05, 3.63) is 145 Å². The fourth-order valence-electron chi connectivity index (χ4n) is 5.15. The first-order valence-electron chi connectivity index (χ1n) is 13.6. The second-order valence-corrected chi connectivity index (χ2v) is 10.0. The minimum Gasteiger partial charge on any atom is -0.261 e. The van der Waals surface area contributed by atoms with Gasteiger partial charge >= 0.3 is 0 Å². The van der Waals surface area contributed by atoms with Crippen LogP contribution in [-0.2, 0) is 0 Å². The number of aromatic nitrogens is 4. The second-order valence-electron chi connectivity index (χ2n) is 10.0. The molecule has 0 aliphatic carbocycles. The van der Waals surface area contributed by atoms with E-state index in [2.05, 4.69) is 120 Å². The molecule has 7 aromatic rings. The summed E-state index contributed by atoms with van der Waals surface area (Å²) >= 11 is 0. The summed E-state index contributed by atoms with van der Waals surface area (Å²) in [5.74, 6) is 1.92.